The minimum Gasteiger partial charge on any atom is -0.385 e. The average Bonchev–Trinajstić information content (AvgIpc) is 2.94. The molecule has 5 rings (SSSR count). The lowest BCUT2D eigenvalue weighted by atomic mass is 9.44. The van der Waals surface area contributed by atoms with Gasteiger partial charge in [0.25, 0.3) is 0 Å². The van der Waals surface area contributed by atoms with Gasteiger partial charge in [0.05, 0.1) is 5.60 Å². The Labute approximate surface area is 159 Å². The number of hydrogen-bond donors (Lipinski definition) is 1. The fourth-order valence-corrected chi connectivity index (χ4v) is 8.50. The van der Waals surface area contributed by atoms with Crippen molar-refractivity contribution in [3.05, 3.63) is 35.9 Å². The summed E-state index contributed by atoms with van der Waals surface area (Å²) in [5.41, 5.74) is 1.21. The zero-order chi connectivity index (χ0) is 18.0. The molecule has 1 N–H and O–H groups in total. The van der Waals surface area contributed by atoms with Gasteiger partial charge in [-0.15, -0.1) is 0 Å². The van der Waals surface area contributed by atoms with E-state index in [1.807, 2.05) is 0 Å². The molecule has 4 fully saturated rings. The number of aliphatic hydroxyl groups is 1. The molecule has 1 heteroatoms. The summed E-state index contributed by atoms with van der Waals surface area (Å²) >= 11 is 0. The van der Waals surface area contributed by atoms with E-state index in [4.69, 9.17) is 0 Å². The Kier molecular flexibility index (Phi) is 3.88. The number of rotatable bonds is 1. The van der Waals surface area contributed by atoms with Crippen LogP contribution in [0.5, 0.6) is 0 Å². The van der Waals surface area contributed by atoms with Crippen LogP contribution in [-0.2, 0) is 5.60 Å². The molecule has 0 radical (unpaired) electrons. The molecule has 0 heterocycles. The van der Waals surface area contributed by atoms with Gasteiger partial charge in [0, 0.05) is 5.41 Å². The third-order valence-corrected chi connectivity index (χ3v) is 9.99. The second-order valence-electron chi connectivity index (χ2n) is 10.6. The second-order valence-corrected chi connectivity index (χ2v) is 10.6. The van der Waals surface area contributed by atoms with Crippen molar-refractivity contribution in [3.63, 3.8) is 0 Å². The maximum absolute atomic E-state index is 11.9. The standard InChI is InChI=1S/C25H36O/c1-23-15-7-6-8-18(23)11-12-20-21(23)13-16-24(2)22(20)14-17-25(24,26)19-9-4-3-5-10-19/h3-5,9-10,18,20-22,26H,6-8,11-17H2,1-2H3/t18-,20+,21-,22-,23+,24+,25-/m1/s1. The van der Waals surface area contributed by atoms with Gasteiger partial charge in [-0.3, -0.25) is 0 Å². The van der Waals surface area contributed by atoms with Crippen molar-refractivity contribution < 1.29 is 5.11 Å². The zero-order valence-electron chi connectivity index (χ0n) is 16.7. The Morgan fingerprint density at radius 3 is 2.38 bits per heavy atom. The molecular formula is C25H36O. The van der Waals surface area contributed by atoms with Crippen molar-refractivity contribution >= 4 is 0 Å². The summed E-state index contributed by atoms with van der Waals surface area (Å²) in [6, 6.07) is 10.6. The maximum Gasteiger partial charge on any atom is 0.0952 e. The van der Waals surface area contributed by atoms with Crippen LogP contribution in [0.15, 0.2) is 30.3 Å². The van der Waals surface area contributed by atoms with Crippen LogP contribution in [0.25, 0.3) is 0 Å². The van der Waals surface area contributed by atoms with E-state index < -0.39 is 5.60 Å². The van der Waals surface area contributed by atoms with Crippen molar-refractivity contribution in [1.29, 1.82) is 0 Å². The van der Waals surface area contributed by atoms with Gasteiger partial charge in [0.15, 0.2) is 0 Å². The Morgan fingerprint density at radius 2 is 1.58 bits per heavy atom. The molecule has 4 aliphatic rings. The predicted octanol–water partition coefficient (Wildman–Crippen LogP) is 6.31. The number of fused-ring (bicyclic) bond motifs is 5. The normalized spacial score (nSPS) is 50.6. The first-order valence-corrected chi connectivity index (χ1v) is 11.3. The quantitative estimate of drug-likeness (QED) is 0.628. The summed E-state index contributed by atoms with van der Waals surface area (Å²) < 4.78 is 0. The van der Waals surface area contributed by atoms with Crippen molar-refractivity contribution in [3.8, 4) is 0 Å². The summed E-state index contributed by atoms with van der Waals surface area (Å²) in [6.45, 7) is 5.08. The predicted molar refractivity (Wildman–Crippen MR) is 107 cm³/mol. The lowest BCUT2D eigenvalue weighted by Gasteiger charge is -2.61. The molecule has 0 amide bonds. The summed E-state index contributed by atoms with van der Waals surface area (Å²) in [7, 11) is 0. The molecule has 26 heavy (non-hydrogen) atoms. The summed E-state index contributed by atoms with van der Waals surface area (Å²) in [6.07, 6.45) is 13.5. The Balaban J connectivity index is 1.49. The third-order valence-electron chi connectivity index (χ3n) is 9.99. The lowest BCUT2D eigenvalue weighted by molar-refractivity contribution is -0.154. The minimum absolute atomic E-state index is 0.0629. The van der Waals surface area contributed by atoms with Crippen molar-refractivity contribution in [2.45, 2.75) is 83.7 Å². The molecule has 4 aliphatic carbocycles. The highest BCUT2D eigenvalue weighted by molar-refractivity contribution is 5.29. The summed E-state index contributed by atoms with van der Waals surface area (Å²) in [4.78, 5) is 0. The van der Waals surface area contributed by atoms with Gasteiger partial charge in [0.1, 0.15) is 0 Å². The highest BCUT2D eigenvalue weighted by Crippen LogP contribution is 2.69. The number of hydrogen-bond acceptors (Lipinski definition) is 1. The van der Waals surface area contributed by atoms with E-state index in [2.05, 4.69) is 44.2 Å². The monoisotopic (exact) mass is 352 g/mol. The van der Waals surface area contributed by atoms with Crippen molar-refractivity contribution in [2.24, 2.45) is 34.5 Å². The fraction of sp³-hybridized carbons (Fsp3) is 0.760. The molecule has 0 aromatic heterocycles. The van der Waals surface area contributed by atoms with Gasteiger partial charge < -0.3 is 5.11 Å². The van der Waals surface area contributed by atoms with Crippen molar-refractivity contribution in [1.82, 2.24) is 0 Å². The molecule has 142 valence electrons. The Morgan fingerprint density at radius 1 is 0.808 bits per heavy atom. The molecule has 0 unspecified atom stereocenters. The highest BCUT2D eigenvalue weighted by Gasteiger charge is 2.64. The SMILES string of the molecule is C[C@]12CCCC[C@@H]1CC[C@H]1[C@H]2CC[C@@]2(C)[C@@H]1CC[C@@]2(O)c1ccccc1. The van der Waals surface area contributed by atoms with Gasteiger partial charge in [-0.2, -0.15) is 0 Å². The minimum atomic E-state index is -0.617. The van der Waals surface area contributed by atoms with E-state index in [1.165, 1.54) is 63.4 Å². The molecule has 1 aromatic carbocycles. The average molecular weight is 353 g/mol. The van der Waals surface area contributed by atoms with E-state index in [0.29, 0.717) is 11.3 Å². The van der Waals surface area contributed by atoms with Crippen LogP contribution in [0.1, 0.15) is 83.6 Å². The third kappa shape index (κ3) is 2.13. The van der Waals surface area contributed by atoms with Crippen LogP contribution in [0.2, 0.25) is 0 Å². The van der Waals surface area contributed by atoms with Crippen LogP contribution in [0.3, 0.4) is 0 Å². The first-order valence-electron chi connectivity index (χ1n) is 11.3. The largest absolute Gasteiger partial charge is 0.385 e. The molecule has 4 saturated carbocycles. The molecule has 0 saturated heterocycles. The molecule has 1 nitrogen and oxygen atoms in total. The van der Waals surface area contributed by atoms with Gasteiger partial charge >= 0.3 is 0 Å². The van der Waals surface area contributed by atoms with Gasteiger partial charge in [-0.25, -0.2) is 0 Å². The van der Waals surface area contributed by atoms with Crippen LogP contribution in [0.4, 0.5) is 0 Å². The molecule has 7 atom stereocenters. The van der Waals surface area contributed by atoms with E-state index in [0.717, 1.165) is 24.2 Å². The molecule has 0 aliphatic heterocycles. The first kappa shape index (κ1) is 17.3. The first-order chi connectivity index (χ1) is 12.5. The second kappa shape index (κ2) is 5.84. The highest BCUT2D eigenvalue weighted by atomic mass is 16.3. The molecule has 0 spiro atoms. The van der Waals surface area contributed by atoms with Crippen LogP contribution >= 0.6 is 0 Å². The van der Waals surface area contributed by atoms with Crippen molar-refractivity contribution in [2.75, 3.05) is 0 Å². The number of benzene rings is 1. The topological polar surface area (TPSA) is 20.2 Å². The van der Waals surface area contributed by atoms with E-state index in [9.17, 15) is 5.11 Å². The van der Waals surface area contributed by atoms with E-state index in [1.54, 1.807) is 0 Å². The van der Waals surface area contributed by atoms with Gasteiger partial charge in [0.2, 0.25) is 0 Å². The Bertz CT molecular complexity index is 668. The smallest absolute Gasteiger partial charge is 0.0952 e. The zero-order valence-corrected chi connectivity index (χ0v) is 16.7. The Hall–Kier alpha value is -0.820. The molecule has 1 aromatic rings. The van der Waals surface area contributed by atoms with Crippen LogP contribution in [0, 0.1) is 34.5 Å². The molecule has 0 bridgehead atoms. The van der Waals surface area contributed by atoms with Crippen LogP contribution in [-0.4, -0.2) is 5.11 Å². The van der Waals surface area contributed by atoms with E-state index >= 15 is 0 Å². The van der Waals surface area contributed by atoms with E-state index in [-0.39, 0.29) is 5.41 Å². The van der Waals surface area contributed by atoms with Gasteiger partial charge in [-0.05, 0) is 86.0 Å². The maximum atomic E-state index is 11.9. The van der Waals surface area contributed by atoms with Crippen LogP contribution < -0.4 is 0 Å². The van der Waals surface area contributed by atoms with Gasteiger partial charge in [-0.1, -0.05) is 57.0 Å². The lowest BCUT2D eigenvalue weighted by Crippen LogP contribution is -2.55. The fourth-order valence-electron chi connectivity index (χ4n) is 8.50. The summed E-state index contributed by atoms with van der Waals surface area (Å²) in [5, 5.41) is 11.9. The summed E-state index contributed by atoms with van der Waals surface area (Å²) in [5.74, 6) is 3.46. The molecular weight excluding hydrogens is 316 g/mol.